The van der Waals surface area contributed by atoms with Gasteiger partial charge in [0.1, 0.15) is 0 Å². The quantitative estimate of drug-likeness (QED) is 0.505. The van der Waals surface area contributed by atoms with Crippen LogP contribution in [-0.4, -0.2) is 0 Å². The van der Waals surface area contributed by atoms with Crippen LogP contribution in [0.15, 0.2) is 18.2 Å². The first-order valence-electron chi connectivity index (χ1n) is 1.98. The molecule has 0 amide bonds. The summed E-state index contributed by atoms with van der Waals surface area (Å²) in [7, 11) is 9.81. The van der Waals surface area contributed by atoms with Crippen molar-refractivity contribution in [3.63, 3.8) is 0 Å². The molecule has 3 heteroatoms. The maximum absolute atomic E-state index is 4.90. The zero-order chi connectivity index (χ0) is 6.24. The second-order valence-electron chi connectivity index (χ2n) is 1.05. The Morgan fingerprint density at radius 1 is 1.00 bits per heavy atom. The number of hydrogen-bond donors (Lipinski definition) is 0. The van der Waals surface area contributed by atoms with Crippen LogP contribution in [0.4, 0.5) is 0 Å². The molecule has 88 valence electrons. The van der Waals surface area contributed by atoms with Crippen molar-refractivity contribution in [3.8, 4) is 0 Å². The Labute approximate surface area is 102 Å². The van der Waals surface area contributed by atoms with Crippen LogP contribution in [0.25, 0.3) is 0 Å². The van der Waals surface area contributed by atoms with E-state index in [2.05, 4.69) is 12.2 Å². The SMILES string of the molecule is [C-]1=CC=CC1.[CH3-].[CH3-].[CH3-].[CH3-].[CH3-].[Cl][Os][Cl]. The van der Waals surface area contributed by atoms with E-state index in [9.17, 15) is 0 Å². The van der Waals surface area contributed by atoms with Crippen LogP contribution >= 0.6 is 19.3 Å². The molecule has 0 heterocycles. The molecule has 0 nitrogen and oxygen atoms in total. The fraction of sp³-hybridized carbons (Fsp3) is 0.100. The van der Waals surface area contributed by atoms with Gasteiger partial charge in [-0.15, -0.1) is 6.42 Å². The Balaban J connectivity index is -0.0000000144. The zero-order valence-electron chi connectivity index (χ0n) is 9.05. The number of allylic oxidation sites excluding steroid dienone is 4. The van der Waals surface area contributed by atoms with Crippen LogP contribution in [0.5, 0.6) is 0 Å². The molecule has 0 aromatic rings. The zero-order valence-corrected chi connectivity index (χ0v) is 13.1. The fourth-order valence-corrected chi connectivity index (χ4v) is 0.340. The van der Waals surface area contributed by atoms with E-state index in [1.165, 1.54) is 0 Å². The van der Waals surface area contributed by atoms with Crippen molar-refractivity contribution in [3.05, 3.63) is 61.4 Å². The van der Waals surface area contributed by atoms with Crippen molar-refractivity contribution >= 4 is 19.3 Å². The number of rotatable bonds is 0. The Morgan fingerprint density at radius 2 is 1.38 bits per heavy atom. The molecule has 0 aliphatic heterocycles. The van der Waals surface area contributed by atoms with Gasteiger partial charge in [-0.25, -0.2) is 12.2 Å². The summed E-state index contributed by atoms with van der Waals surface area (Å²) in [6.07, 6.45) is 10.0. The summed E-state index contributed by atoms with van der Waals surface area (Å²) in [6, 6.07) is 0. The Bertz CT molecular complexity index is 80.9. The molecule has 0 aromatic heterocycles. The summed E-state index contributed by atoms with van der Waals surface area (Å²) in [4.78, 5) is 0. The van der Waals surface area contributed by atoms with Crippen LogP contribution in [0.3, 0.4) is 0 Å². The maximum atomic E-state index is 4.90. The summed E-state index contributed by atoms with van der Waals surface area (Å²) in [5.41, 5.74) is 0. The van der Waals surface area contributed by atoms with Crippen LogP contribution < -0.4 is 0 Å². The molecule has 0 saturated carbocycles. The molecule has 0 aromatic carbocycles. The van der Waals surface area contributed by atoms with E-state index in [1.54, 1.807) is 0 Å². The number of halogens is 2. The van der Waals surface area contributed by atoms with Crippen molar-refractivity contribution in [2.45, 2.75) is 6.42 Å². The van der Waals surface area contributed by atoms with Crippen molar-refractivity contribution in [2.24, 2.45) is 0 Å². The van der Waals surface area contributed by atoms with Gasteiger partial charge < -0.3 is 37.1 Å². The minimum atomic E-state index is -0.639. The predicted octanol–water partition coefficient (Wildman–Crippen LogP) is 4.93. The molecule has 0 saturated heterocycles. The molecule has 13 heavy (non-hydrogen) atoms. The third-order valence-corrected chi connectivity index (χ3v) is 0.586. The molecular weight excluding hydrogens is 381 g/mol. The van der Waals surface area contributed by atoms with E-state index < -0.39 is 15.4 Å². The summed E-state index contributed by atoms with van der Waals surface area (Å²) in [5, 5.41) is 0. The van der Waals surface area contributed by atoms with Gasteiger partial charge in [0.25, 0.3) is 0 Å². The standard InChI is InChI=1S/C5H5.5CH3.2ClH.Os/c1-2-4-5-3-1;;;;;;;;/h1-3H,4H2;5*1H3;2*1H;/q6*-1;;;+2/p-2. The van der Waals surface area contributed by atoms with Crippen molar-refractivity contribution in [1.82, 2.24) is 0 Å². The second kappa shape index (κ2) is 38.7. The van der Waals surface area contributed by atoms with Crippen LogP contribution in [0.1, 0.15) is 6.42 Å². The topological polar surface area (TPSA) is 0 Å². The van der Waals surface area contributed by atoms with E-state index in [4.69, 9.17) is 19.3 Å². The molecule has 1 aliphatic rings. The first-order chi connectivity index (χ1) is 3.91. The van der Waals surface area contributed by atoms with Crippen LogP contribution in [0, 0.1) is 43.2 Å². The first-order valence-corrected chi connectivity index (χ1v) is 8.28. The van der Waals surface area contributed by atoms with E-state index in [0.717, 1.165) is 6.42 Å². The second-order valence-corrected chi connectivity index (χ2v) is 4.72. The number of hydrogen-bond acceptors (Lipinski definition) is 0. The normalized spacial score (nSPS) is 8.46. The van der Waals surface area contributed by atoms with Gasteiger partial charge in [-0.3, -0.25) is 6.08 Å². The molecule has 0 unspecified atom stereocenters. The summed E-state index contributed by atoms with van der Waals surface area (Å²) >= 11 is -0.639. The van der Waals surface area contributed by atoms with E-state index >= 15 is 0 Å². The molecule has 0 fully saturated rings. The van der Waals surface area contributed by atoms with Crippen molar-refractivity contribution in [2.75, 3.05) is 0 Å². The third-order valence-electron chi connectivity index (χ3n) is 0.586. The van der Waals surface area contributed by atoms with Crippen molar-refractivity contribution in [1.29, 1.82) is 0 Å². The molecule has 0 atom stereocenters. The minimum absolute atomic E-state index is 0. The van der Waals surface area contributed by atoms with Crippen LogP contribution in [0.2, 0.25) is 0 Å². The van der Waals surface area contributed by atoms with Gasteiger partial charge in [-0.2, -0.15) is 6.08 Å². The van der Waals surface area contributed by atoms with Gasteiger partial charge in [0, 0.05) is 0 Å². The van der Waals surface area contributed by atoms with Gasteiger partial charge in [-0.05, 0) is 0 Å². The molecule has 0 spiro atoms. The molecular formula is C10H20Cl2Os-6. The van der Waals surface area contributed by atoms with Crippen molar-refractivity contribution < 1.29 is 15.4 Å². The van der Waals surface area contributed by atoms with Gasteiger partial charge in [0.2, 0.25) is 0 Å². The Kier molecular flexibility index (Phi) is 111. The van der Waals surface area contributed by atoms with Gasteiger partial charge in [0.05, 0.1) is 0 Å². The average Bonchev–Trinajstić information content (AvgIpc) is 2.17. The predicted molar refractivity (Wildman–Crippen MR) is 65.3 cm³/mol. The van der Waals surface area contributed by atoms with E-state index in [-0.39, 0.29) is 37.1 Å². The summed E-state index contributed by atoms with van der Waals surface area (Å²) in [5.74, 6) is 0. The summed E-state index contributed by atoms with van der Waals surface area (Å²) < 4.78 is 0. The molecule has 0 radical (unpaired) electrons. The average molecular weight is 401 g/mol. The third kappa shape index (κ3) is 44.8. The first kappa shape index (κ1) is 37.3. The molecule has 0 bridgehead atoms. The fourth-order valence-electron chi connectivity index (χ4n) is 0.340. The van der Waals surface area contributed by atoms with Gasteiger partial charge >= 0.3 is 34.7 Å². The Morgan fingerprint density at radius 3 is 1.46 bits per heavy atom. The van der Waals surface area contributed by atoms with Gasteiger partial charge in [0.15, 0.2) is 0 Å². The molecule has 1 rings (SSSR count). The van der Waals surface area contributed by atoms with Gasteiger partial charge in [-0.1, -0.05) is 0 Å². The summed E-state index contributed by atoms with van der Waals surface area (Å²) in [6.45, 7) is 0. The molecule has 0 N–H and O–H groups in total. The van der Waals surface area contributed by atoms with E-state index in [1.807, 2.05) is 12.2 Å². The van der Waals surface area contributed by atoms with Crippen LogP contribution in [-0.2, 0) is 15.4 Å². The Hall–Kier alpha value is 0.696. The van der Waals surface area contributed by atoms with E-state index in [0.29, 0.717) is 0 Å². The molecule has 1 aliphatic carbocycles. The monoisotopic (exact) mass is 402 g/mol.